The standard InChI is InChI=1S/C24H18.C8H12.Ru/c1-4-10-19(11-5-1)22-16-23(20-12-6-2-7-13-20)18-24(17-22)21-14-8-3-9-15-21;1-2-4-6-8-7-5-3-1;/h1-18H;1-2,7-8H,3-6H2;/b;2-1-,8-7-;. The van der Waals surface area contributed by atoms with Gasteiger partial charge in [0.15, 0.2) is 0 Å². The summed E-state index contributed by atoms with van der Waals surface area (Å²) < 4.78 is 0. The van der Waals surface area contributed by atoms with Gasteiger partial charge in [-0.25, -0.2) is 0 Å². The van der Waals surface area contributed by atoms with Gasteiger partial charge in [-0.05, 0) is 77.3 Å². The fourth-order valence-corrected chi connectivity index (χ4v) is 3.88. The van der Waals surface area contributed by atoms with Crippen molar-refractivity contribution >= 4 is 0 Å². The molecule has 0 aliphatic heterocycles. The van der Waals surface area contributed by atoms with Crippen LogP contribution in [0.1, 0.15) is 25.7 Å². The molecule has 0 nitrogen and oxygen atoms in total. The first kappa shape index (κ1) is 24.6. The molecule has 0 spiro atoms. The van der Waals surface area contributed by atoms with E-state index < -0.39 is 0 Å². The number of hydrogen-bond acceptors (Lipinski definition) is 0. The Balaban J connectivity index is 0.000000290. The molecule has 166 valence electrons. The molecular weight excluding hydrogens is 485 g/mol. The van der Waals surface area contributed by atoms with Gasteiger partial charge in [0.25, 0.3) is 0 Å². The quantitative estimate of drug-likeness (QED) is 0.188. The second-order valence-corrected chi connectivity index (χ2v) is 7.99. The van der Waals surface area contributed by atoms with E-state index in [0.29, 0.717) is 0 Å². The van der Waals surface area contributed by atoms with E-state index in [1.807, 2.05) is 0 Å². The summed E-state index contributed by atoms with van der Waals surface area (Å²) in [5, 5.41) is 0. The second kappa shape index (κ2) is 13.5. The van der Waals surface area contributed by atoms with E-state index in [1.165, 1.54) is 59.1 Å². The first-order valence-electron chi connectivity index (χ1n) is 11.5. The largest absolute Gasteiger partial charge is 0.0882 e. The summed E-state index contributed by atoms with van der Waals surface area (Å²) in [5.74, 6) is 0. The summed E-state index contributed by atoms with van der Waals surface area (Å²) in [7, 11) is 0. The summed E-state index contributed by atoms with van der Waals surface area (Å²) in [6.07, 6.45) is 14.0. The van der Waals surface area contributed by atoms with Crippen LogP contribution in [0, 0.1) is 0 Å². The Kier molecular flexibility index (Phi) is 10.1. The first-order chi connectivity index (χ1) is 15.9. The van der Waals surface area contributed by atoms with Gasteiger partial charge in [-0.2, -0.15) is 0 Å². The van der Waals surface area contributed by atoms with Gasteiger partial charge in [-0.3, -0.25) is 0 Å². The van der Waals surface area contributed by atoms with Crippen LogP contribution in [0.25, 0.3) is 33.4 Å². The predicted octanol–water partition coefficient (Wildman–Crippen LogP) is 9.36. The Morgan fingerprint density at radius 1 is 0.303 bits per heavy atom. The molecule has 0 heterocycles. The van der Waals surface area contributed by atoms with Crippen LogP contribution < -0.4 is 0 Å². The van der Waals surface area contributed by atoms with Crippen LogP contribution in [0.3, 0.4) is 0 Å². The third kappa shape index (κ3) is 7.52. The maximum atomic E-state index is 2.27. The number of rotatable bonds is 3. The molecule has 0 atom stereocenters. The van der Waals surface area contributed by atoms with E-state index in [9.17, 15) is 0 Å². The van der Waals surface area contributed by atoms with Gasteiger partial charge in [0.2, 0.25) is 0 Å². The molecular formula is C32H30Ru. The molecule has 0 saturated carbocycles. The van der Waals surface area contributed by atoms with Crippen molar-refractivity contribution in [2.75, 3.05) is 0 Å². The molecule has 0 unspecified atom stereocenters. The van der Waals surface area contributed by atoms with E-state index in [-0.39, 0.29) is 19.5 Å². The molecule has 0 fully saturated rings. The van der Waals surface area contributed by atoms with Gasteiger partial charge >= 0.3 is 0 Å². The fraction of sp³-hybridized carbons (Fsp3) is 0.125. The Bertz CT molecular complexity index is 977. The molecule has 0 bridgehead atoms. The molecule has 4 aromatic rings. The summed E-state index contributed by atoms with van der Waals surface area (Å²) in [4.78, 5) is 0. The van der Waals surface area contributed by atoms with Crippen molar-refractivity contribution in [1.82, 2.24) is 0 Å². The van der Waals surface area contributed by atoms with Crippen molar-refractivity contribution < 1.29 is 19.5 Å². The molecule has 0 N–H and O–H groups in total. The van der Waals surface area contributed by atoms with Crippen LogP contribution in [0.15, 0.2) is 133 Å². The number of benzene rings is 4. The molecule has 0 radical (unpaired) electrons. The Labute approximate surface area is 211 Å². The van der Waals surface area contributed by atoms with Crippen molar-refractivity contribution in [3.05, 3.63) is 133 Å². The van der Waals surface area contributed by atoms with Gasteiger partial charge in [0.1, 0.15) is 0 Å². The van der Waals surface area contributed by atoms with E-state index in [4.69, 9.17) is 0 Å². The number of hydrogen-bond donors (Lipinski definition) is 0. The zero-order chi connectivity index (χ0) is 21.8. The predicted molar refractivity (Wildman–Crippen MR) is 139 cm³/mol. The zero-order valence-corrected chi connectivity index (χ0v) is 20.6. The minimum Gasteiger partial charge on any atom is -0.0882 e. The Morgan fingerprint density at radius 3 is 0.788 bits per heavy atom. The molecule has 1 aliphatic rings. The normalized spacial score (nSPS) is 14.4. The van der Waals surface area contributed by atoms with E-state index >= 15 is 0 Å². The molecule has 33 heavy (non-hydrogen) atoms. The third-order valence-corrected chi connectivity index (χ3v) is 5.59. The van der Waals surface area contributed by atoms with Crippen molar-refractivity contribution in [2.24, 2.45) is 0 Å². The Hall–Kier alpha value is -3.02. The average molecular weight is 516 g/mol. The van der Waals surface area contributed by atoms with Gasteiger partial charge in [-0.15, -0.1) is 0 Å². The van der Waals surface area contributed by atoms with Gasteiger partial charge in [0.05, 0.1) is 0 Å². The first-order valence-corrected chi connectivity index (χ1v) is 11.5. The van der Waals surface area contributed by atoms with Crippen LogP contribution in [-0.4, -0.2) is 0 Å². The Morgan fingerprint density at radius 2 is 0.545 bits per heavy atom. The molecule has 1 aliphatic carbocycles. The maximum absolute atomic E-state index is 2.27. The summed E-state index contributed by atoms with van der Waals surface area (Å²) in [6.45, 7) is 0. The van der Waals surface area contributed by atoms with Crippen molar-refractivity contribution in [2.45, 2.75) is 25.7 Å². The summed E-state index contributed by atoms with van der Waals surface area (Å²) >= 11 is 0. The molecule has 4 aromatic carbocycles. The van der Waals surface area contributed by atoms with E-state index in [0.717, 1.165) is 0 Å². The van der Waals surface area contributed by atoms with Gasteiger partial charge in [-0.1, -0.05) is 115 Å². The topological polar surface area (TPSA) is 0 Å². The SMILES string of the molecule is C1=C\CC/C=C\CC/1.[Ru].c1ccc(-c2cc(-c3ccccc3)cc(-c3ccccc3)c2)cc1. The monoisotopic (exact) mass is 516 g/mol. The van der Waals surface area contributed by atoms with Crippen molar-refractivity contribution in [1.29, 1.82) is 0 Å². The minimum absolute atomic E-state index is 0. The van der Waals surface area contributed by atoms with Crippen LogP contribution >= 0.6 is 0 Å². The second-order valence-electron chi connectivity index (χ2n) is 7.99. The average Bonchev–Trinajstić information content (AvgIpc) is 2.85. The summed E-state index contributed by atoms with van der Waals surface area (Å²) in [5.41, 5.74) is 7.47. The van der Waals surface area contributed by atoms with Crippen molar-refractivity contribution in [3.63, 3.8) is 0 Å². The van der Waals surface area contributed by atoms with Gasteiger partial charge < -0.3 is 0 Å². The van der Waals surface area contributed by atoms with Crippen LogP contribution in [0.2, 0.25) is 0 Å². The van der Waals surface area contributed by atoms with Crippen LogP contribution in [-0.2, 0) is 19.5 Å². The van der Waals surface area contributed by atoms with Crippen molar-refractivity contribution in [3.8, 4) is 33.4 Å². The van der Waals surface area contributed by atoms with Crippen LogP contribution in [0.5, 0.6) is 0 Å². The smallest absolute Gasteiger partial charge is 0 e. The summed E-state index contributed by atoms with van der Waals surface area (Å²) in [6, 6.07) is 38.5. The minimum atomic E-state index is 0. The number of allylic oxidation sites excluding steroid dienone is 4. The van der Waals surface area contributed by atoms with E-state index in [2.05, 4.69) is 133 Å². The molecule has 0 amide bonds. The fourth-order valence-electron chi connectivity index (χ4n) is 3.88. The third-order valence-electron chi connectivity index (χ3n) is 5.59. The molecule has 0 aromatic heterocycles. The van der Waals surface area contributed by atoms with Crippen LogP contribution in [0.4, 0.5) is 0 Å². The maximum Gasteiger partial charge on any atom is 0 e. The molecule has 0 saturated heterocycles. The molecule has 5 rings (SSSR count). The zero-order valence-electron chi connectivity index (χ0n) is 18.9. The molecule has 1 heteroatoms. The van der Waals surface area contributed by atoms with E-state index in [1.54, 1.807) is 0 Å². The van der Waals surface area contributed by atoms with Gasteiger partial charge in [0, 0.05) is 19.5 Å².